The summed E-state index contributed by atoms with van der Waals surface area (Å²) in [6, 6.07) is 6.58. The fourth-order valence-corrected chi connectivity index (χ4v) is 2.73. The van der Waals surface area contributed by atoms with E-state index >= 15 is 0 Å². The van der Waals surface area contributed by atoms with Gasteiger partial charge in [0.2, 0.25) is 0 Å². The molecule has 0 fully saturated rings. The zero-order valence-electron chi connectivity index (χ0n) is 14.2. The summed E-state index contributed by atoms with van der Waals surface area (Å²) in [5.74, 6) is 0. The van der Waals surface area contributed by atoms with Gasteiger partial charge in [-0.05, 0) is 52.3 Å². The van der Waals surface area contributed by atoms with Gasteiger partial charge in [-0.2, -0.15) is 0 Å². The van der Waals surface area contributed by atoms with E-state index < -0.39 is 11.2 Å². The predicted octanol–water partition coefficient (Wildman–Crippen LogP) is 2.18. The van der Waals surface area contributed by atoms with Crippen molar-refractivity contribution >= 4 is 5.69 Å². The monoisotopic (exact) mass is 316 g/mol. The second kappa shape index (κ2) is 5.51. The zero-order valence-corrected chi connectivity index (χ0v) is 14.2. The first-order valence-electron chi connectivity index (χ1n) is 7.50. The molecular formula is C18H24N2O3. The molecular weight excluding hydrogens is 292 g/mol. The van der Waals surface area contributed by atoms with Gasteiger partial charge in [0.1, 0.15) is 0 Å². The van der Waals surface area contributed by atoms with Crippen molar-refractivity contribution < 1.29 is 10.2 Å². The van der Waals surface area contributed by atoms with Gasteiger partial charge in [-0.3, -0.25) is 9.36 Å². The van der Waals surface area contributed by atoms with Crippen LogP contribution in [0.15, 0.2) is 35.3 Å². The number of hydrogen-bond acceptors (Lipinski definition) is 4. The third kappa shape index (κ3) is 3.46. The Kier molecular flexibility index (Phi) is 4.13. The fourth-order valence-electron chi connectivity index (χ4n) is 2.73. The van der Waals surface area contributed by atoms with Crippen molar-refractivity contribution in [3.05, 3.63) is 57.5 Å². The highest BCUT2D eigenvalue weighted by Crippen LogP contribution is 2.28. The maximum Gasteiger partial charge on any atom is 0.255 e. The van der Waals surface area contributed by atoms with Crippen LogP contribution < -0.4 is 11.3 Å². The molecule has 0 aliphatic rings. The van der Waals surface area contributed by atoms with Gasteiger partial charge in [-0.25, -0.2) is 0 Å². The van der Waals surface area contributed by atoms with Crippen LogP contribution in [-0.2, 0) is 11.2 Å². The van der Waals surface area contributed by atoms with Gasteiger partial charge in [-0.1, -0.05) is 6.07 Å². The number of nitrogens with two attached hydrogens (primary N) is 1. The van der Waals surface area contributed by atoms with E-state index in [1.807, 2.05) is 0 Å². The quantitative estimate of drug-likeness (QED) is 0.757. The number of nitrogens with zero attached hydrogens (tertiary/aromatic N) is 1. The van der Waals surface area contributed by atoms with Crippen LogP contribution in [0.1, 0.15) is 44.4 Å². The first kappa shape index (κ1) is 17.2. The van der Waals surface area contributed by atoms with Gasteiger partial charge in [0.25, 0.3) is 5.56 Å². The van der Waals surface area contributed by atoms with E-state index in [9.17, 15) is 15.0 Å². The van der Waals surface area contributed by atoms with Gasteiger partial charge < -0.3 is 15.9 Å². The van der Waals surface area contributed by atoms with Crippen LogP contribution in [0.4, 0.5) is 5.69 Å². The second-order valence-electron chi connectivity index (χ2n) is 6.97. The number of aromatic nitrogens is 1. The molecule has 0 unspecified atom stereocenters. The summed E-state index contributed by atoms with van der Waals surface area (Å²) in [6.45, 7) is 8.46. The highest BCUT2D eigenvalue weighted by atomic mass is 16.3. The van der Waals surface area contributed by atoms with Crippen molar-refractivity contribution in [1.29, 1.82) is 0 Å². The smallest absolute Gasteiger partial charge is 0.255 e. The van der Waals surface area contributed by atoms with Gasteiger partial charge in [-0.15, -0.1) is 0 Å². The van der Waals surface area contributed by atoms with Crippen LogP contribution in [0.5, 0.6) is 0 Å². The molecule has 2 rings (SSSR count). The van der Waals surface area contributed by atoms with Crippen molar-refractivity contribution in [3.63, 3.8) is 0 Å². The van der Waals surface area contributed by atoms with Crippen LogP contribution in [0.2, 0.25) is 0 Å². The molecule has 0 saturated heterocycles. The number of hydrogen-bond donors (Lipinski definition) is 3. The molecule has 23 heavy (non-hydrogen) atoms. The Morgan fingerprint density at radius 3 is 2.04 bits per heavy atom. The third-order valence-corrected chi connectivity index (χ3v) is 3.89. The molecule has 2 aromatic rings. The van der Waals surface area contributed by atoms with Crippen LogP contribution in [0.25, 0.3) is 5.69 Å². The van der Waals surface area contributed by atoms with E-state index in [4.69, 9.17) is 5.73 Å². The number of pyridine rings is 1. The number of aryl methyl sites for hydroxylation is 1. The first-order valence-corrected chi connectivity index (χ1v) is 7.50. The summed E-state index contributed by atoms with van der Waals surface area (Å²) in [4.78, 5) is 12.3. The fraction of sp³-hybridized carbons (Fsp3) is 0.389. The first-order chi connectivity index (χ1) is 10.4. The topological polar surface area (TPSA) is 88.5 Å². The van der Waals surface area contributed by atoms with Crippen molar-refractivity contribution in [3.8, 4) is 5.69 Å². The van der Waals surface area contributed by atoms with E-state index in [1.54, 1.807) is 59.0 Å². The Morgan fingerprint density at radius 1 is 1.00 bits per heavy atom. The molecule has 0 atom stereocenters. The Bertz CT molecular complexity index is 793. The lowest BCUT2D eigenvalue weighted by Gasteiger charge is -2.23. The van der Waals surface area contributed by atoms with E-state index in [0.29, 0.717) is 22.5 Å². The van der Waals surface area contributed by atoms with Gasteiger partial charge in [0.15, 0.2) is 0 Å². The van der Waals surface area contributed by atoms with Crippen molar-refractivity contribution in [2.75, 3.05) is 5.73 Å². The minimum absolute atomic E-state index is 0.203. The lowest BCUT2D eigenvalue weighted by atomic mass is 9.95. The highest BCUT2D eigenvalue weighted by Gasteiger charge is 2.22. The van der Waals surface area contributed by atoms with Gasteiger partial charge in [0.05, 0.1) is 16.9 Å². The van der Waals surface area contributed by atoms with E-state index in [-0.39, 0.29) is 5.56 Å². The van der Waals surface area contributed by atoms with Crippen LogP contribution >= 0.6 is 0 Å². The van der Waals surface area contributed by atoms with Gasteiger partial charge in [0, 0.05) is 29.1 Å². The van der Waals surface area contributed by atoms with Crippen molar-refractivity contribution in [2.45, 2.75) is 45.8 Å². The summed E-state index contributed by atoms with van der Waals surface area (Å²) in [5, 5.41) is 20.4. The number of aliphatic hydroxyl groups is 2. The normalized spacial score (nSPS) is 12.5. The Labute approximate surface area is 136 Å². The summed E-state index contributed by atoms with van der Waals surface area (Å²) < 4.78 is 1.45. The molecule has 5 heteroatoms. The van der Waals surface area contributed by atoms with Crippen LogP contribution in [0, 0.1) is 6.92 Å². The third-order valence-electron chi connectivity index (χ3n) is 3.89. The van der Waals surface area contributed by atoms with E-state index in [2.05, 4.69) is 0 Å². The Balaban J connectivity index is 2.64. The zero-order chi connectivity index (χ0) is 17.6. The molecule has 124 valence electrons. The molecule has 1 heterocycles. The maximum absolute atomic E-state index is 12.3. The second-order valence-corrected chi connectivity index (χ2v) is 6.97. The predicted molar refractivity (Wildman–Crippen MR) is 91.7 cm³/mol. The molecule has 5 nitrogen and oxygen atoms in total. The molecule has 0 aliphatic carbocycles. The van der Waals surface area contributed by atoms with Crippen LogP contribution in [-0.4, -0.2) is 14.8 Å². The number of benzene rings is 1. The molecule has 0 radical (unpaired) electrons. The summed E-state index contributed by atoms with van der Waals surface area (Å²) in [7, 11) is 0. The van der Waals surface area contributed by atoms with E-state index in [0.717, 1.165) is 5.56 Å². The highest BCUT2D eigenvalue weighted by molar-refractivity contribution is 5.56. The molecule has 0 amide bonds. The SMILES string of the molecule is Cc1cc(=O)n(-c2ccc(C(C)(C)O)c(N)c2)cc1C(C)(C)O. The van der Waals surface area contributed by atoms with Crippen LogP contribution in [0.3, 0.4) is 0 Å². The minimum atomic E-state index is -1.06. The number of nitrogen functional groups attached to an aromatic ring is 1. The van der Waals surface area contributed by atoms with Crippen molar-refractivity contribution in [2.24, 2.45) is 0 Å². The molecule has 0 saturated carbocycles. The summed E-state index contributed by atoms with van der Waals surface area (Å²) in [5.41, 5.74) is 6.71. The van der Waals surface area contributed by atoms with Gasteiger partial charge >= 0.3 is 0 Å². The lowest BCUT2D eigenvalue weighted by Crippen LogP contribution is -2.25. The maximum atomic E-state index is 12.3. The van der Waals surface area contributed by atoms with Crippen molar-refractivity contribution in [1.82, 2.24) is 4.57 Å². The number of anilines is 1. The Morgan fingerprint density at radius 2 is 1.57 bits per heavy atom. The Hall–Kier alpha value is -2.11. The average molecular weight is 316 g/mol. The summed E-state index contributed by atoms with van der Waals surface area (Å²) >= 11 is 0. The minimum Gasteiger partial charge on any atom is -0.398 e. The largest absolute Gasteiger partial charge is 0.398 e. The lowest BCUT2D eigenvalue weighted by molar-refractivity contribution is 0.0772. The molecule has 0 bridgehead atoms. The molecule has 4 N–H and O–H groups in total. The molecule has 1 aromatic heterocycles. The number of rotatable bonds is 3. The molecule has 1 aromatic carbocycles. The van der Waals surface area contributed by atoms with E-state index in [1.165, 1.54) is 10.6 Å². The average Bonchev–Trinajstić information content (AvgIpc) is 2.35. The molecule has 0 aliphatic heterocycles. The standard InChI is InChI=1S/C18H24N2O3/c1-11-8-16(21)20(10-14(11)18(4,5)23)12-6-7-13(15(19)9-12)17(2,3)22/h6-10,22-23H,19H2,1-5H3. The summed E-state index contributed by atoms with van der Waals surface area (Å²) in [6.07, 6.45) is 1.64. The molecule has 0 spiro atoms.